The Balaban J connectivity index is 1.92. The van der Waals surface area contributed by atoms with E-state index in [1.54, 1.807) is 25.9 Å². The lowest BCUT2D eigenvalue weighted by molar-refractivity contribution is -0.137. The van der Waals surface area contributed by atoms with E-state index >= 15 is 0 Å². The van der Waals surface area contributed by atoms with Gasteiger partial charge < -0.3 is 14.8 Å². The Hall–Kier alpha value is -3.17. The first-order valence-corrected chi connectivity index (χ1v) is 8.02. The molecule has 142 valence electrons. The Kier molecular flexibility index (Phi) is 4.73. The van der Waals surface area contributed by atoms with Crippen molar-refractivity contribution in [3.05, 3.63) is 42.5 Å². The van der Waals surface area contributed by atoms with Gasteiger partial charge in [0.25, 0.3) is 0 Å². The van der Waals surface area contributed by atoms with Crippen LogP contribution in [-0.2, 0) is 11.0 Å². The van der Waals surface area contributed by atoms with Crippen LogP contribution in [0.5, 0.6) is 0 Å². The Morgan fingerprint density at radius 1 is 1.19 bits per heavy atom. The molecule has 0 saturated carbocycles. The lowest BCUT2D eigenvalue weighted by Gasteiger charge is -2.17. The summed E-state index contributed by atoms with van der Waals surface area (Å²) in [5.41, 5.74) is -0.286. The minimum atomic E-state index is -4.57. The Morgan fingerprint density at radius 3 is 2.56 bits per heavy atom. The quantitative estimate of drug-likeness (QED) is 0.755. The van der Waals surface area contributed by atoms with Gasteiger partial charge in [0.15, 0.2) is 17.0 Å². The predicted molar refractivity (Wildman–Crippen MR) is 94.4 cm³/mol. The molecule has 7 nitrogen and oxygen atoms in total. The largest absolute Gasteiger partial charge is 0.418 e. The van der Waals surface area contributed by atoms with Gasteiger partial charge >= 0.3 is 6.18 Å². The molecule has 3 aromatic rings. The van der Waals surface area contributed by atoms with E-state index in [2.05, 4.69) is 20.3 Å². The molecule has 1 aromatic carbocycles. The van der Waals surface area contributed by atoms with E-state index in [1.807, 2.05) is 0 Å². The molecule has 0 saturated heterocycles. The Morgan fingerprint density at radius 2 is 1.89 bits per heavy atom. The van der Waals surface area contributed by atoms with Gasteiger partial charge in [-0.05, 0) is 19.1 Å². The highest BCUT2D eigenvalue weighted by Gasteiger charge is 2.34. The summed E-state index contributed by atoms with van der Waals surface area (Å²) in [7, 11) is 3.59. The summed E-state index contributed by atoms with van der Waals surface area (Å²) in [5.74, 6) is -0.0372. The van der Waals surface area contributed by atoms with Gasteiger partial charge in [0.05, 0.1) is 17.6 Å². The lowest BCUT2D eigenvalue weighted by Crippen LogP contribution is -2.25. The van der Waals surface area contributed by atoms with Crippen molar-refractivity contribution in [2.45, 2.75) is 19.1 Å². The number of aromatic nitrogens is 4. The van der Waals surface area contributed by atoms with Gasteiger partial charge in [-0.2, -0.15) is 13.2 Å². The van der Waals surface area contributed by atoms with Crippen LogP contribution in [0.2, 0.25) is 0 Å². The van der Waals surface area contributed by atoms with Crippen LogP contribution >= 0.6 is 0 Å². The second-order valence-corrected chi connectivity index (χ2v) is 6.12. The van der Waals surface area contributed by atoms with Crippen molar-refractivity contribution in [1.29, 1.82) is 0 Å². The molecule has 2 heterocycles. The van der Waals surface area contributed by atoms with Crippen LogP contribution in [0.15, 0.2) is 36.9 Å². The fraction of sp³-hybridized carbons (Fsp3) is 0.294. The first-order chi connectivity index (χ1) is 12.7. The van der Waals surface area contributed by atoms with Crippen LogP contribution in [0, 0.1) is 0 Å². The van der Waals surface area contributed by atoms with E-state index in [0.29, 0.717) is 17.0 Å². The molecule has 1 amide bonds. The standard InChI is InChI=1S/C17H17F3N6O/c1-10(16(27)24-12-7-5-4-6-11(12)17(18,19)20)26-9-23-13-14(25(2)3)21-8-22-15(13)26/h4-10H,1-3H3,(H,24,27). The molecule has 27 heavy (non-hydrogen) atoms. The van der Waals surface area contributed by atoms with Crippen LogP contribution < -0.4 is 10.2 Å². The maximum atomic E-state index is 13.1. The molecule has 0 bridgehead atoms. The topological polar surface area (TPSA) is 75.9 Å². The van der Waals surface area contributed by atoms with Gasteiger partial charge in [0.2, 0.25) is 5.91 Å². The smallest absolute Gasteiger partial charge is 0.361 e. The minimum Gasteiger partial charge on any atom is -0.361 e. The molecule has 1 N–H and O–H groups in total. The minimum absolute atomic E-state index is 0.296. The number of benzene rings is 1. The van der Waals surface area contributed by atoms with E-state index in [0.717, 1.165) is 6.07 Å². The number of amides is 1. The summed E-state index contributed by atoms with van der Waals surface area (Å²) < 4.78 is 40.8. The summed E-state index contributed by atoms with van der Waals surface area (Å²) in [5, 5.41) is 2.35. The zero-order chi connectivity index (χ0) is 19.8. The number of imidazole rings is 1. The van der Waals surface area contributed by atoms with Crippen LogP contribution in [0.4, 0.5) is 24.7 Å². The van der Waals surface area contributed by atoms with E-state index in [9.17, 15) is 18.0 Å². The number of para-hydroxylation sites is 1. The summed E-state index contributed by atoms with van der Waals surface area (Å²) in [6.07, 6.45) is -1.80. The van der Waals surface area contributed by atoms with Crippen molar-refractivity contribution in [3.63, 3.8) is 0 Å². The van der Waals surface area contributed by atoms with Crippen molar-refractivity contribution >= 4 is 28.6 Å². The molecule has 0 aliphatic carbocycles. The van der Waals surface area contributed by atoms with Gasteiger partial charge in [-0.25, -0.2) is 15.0 Å². The average Bonchev–Trinajstić information content (AvgIpc) is 3.04. The van der Waals surface area contributed by atoms with Crippen LogP contribution in [0.25, 0.3) is 11.2 Å². The number of halogens is 3. The molecule has 0 radical (unpaired) electrons. The summed E-state index contributed by atoms with van der Waals surface area (Å²) in [4.78, 5) is 26.9. The highest BCUT2D eigenvalue weighted by atomic mass is 19.4. The maximum absolute atomic E-state index is 13.1. The Labute approximate surface area is 152 Å². The van der Waals surface area contributed by atoms with Crippen molar-refractivity contribution in [2.24, 2.45) is 0 Å². The number of carbonyl (C=O) groups is 1. The molecule has 0 fully saturated rings. The highest BCUT2D eigenvalue weighted by molar-refractivity contribution is 5.95. The summed E-state index contributed by atoms with van der Waals surface area (Å²) in [6.45, 7) is 1.56. The number of hydrogen-bond acceptors (Lipinski definition) is 5. The van der Waals surface area contributed by atoms with E-state index < -0.39 is 23.7 Å². The molecule has 0 aliphatic heterocycles. The number of hydrogen-bond donors (Lipinski definition) is 1. The molecular formula is C17H17F3N6O. The number of nitrogens with zero attached hydrogens (tertiary/aromatic N) is 5. The monoisotopic (exact) mass is 378 g/mol. The Bertz CT molecular complexity index is 982. The second-order valence-electron chi connectivity index (χ2n) is 6.12. The van der Waals surface area contributed by atoms with E-state index in [4.69, 9.17) is 0 Å². The van der Waals surface area contributed by atoms with Crippen molar-refractivity contribution in [2.75, 3.05) is 24.3 Å². The molecule has 1 atom stereocenters. The molecule has 10 heteroatoms. The van der Waals surface area contributed by atoms with Gasteiger partial charge in [-0.15, -0.1) is 0 Å². The second kappa shape index (κ2) is 6.86. The number of nitrogens with one attached hydrogen (secondary N) is 1. The fourth-order valence-corrected chi connectivity index (χ4v) is 2.65. The van der Waals surface area contributed by atoms with Crippen molar-refractivity contribution in [3.8, 4) is 0 Å². The zero-order valence-corrected chi connectivity index (χ0v) is 14.8. The summed E-state index contributed by atoms with van der Waals surface area (Å²) in [6, 6.07) is 4.00. The van der Waals surface area contributed by atoms with Crippen LogP contribution in [0.3, 0.4) is 0 Å². The number of anilines is 2. The number of rotatable bonds is 4. The molecular weight excluding hydrogens is 361 g/mol. The highest BCUT2D eigenvalue weighted by Crippen LogP contribution is 2.35. The molecule has 1 unspecified atom stereocenters. The van der Waals surface area contributed by atoms with Gasteiger partial charge in [-0.1, -0.05) is 12.1 Å². The molecule has 2 aromatic heterocycles. The van der Waals surface area contributed by atoms with Gasteiger partial charge in [-0.3, -0.25) is 4.79 Å². The van der Waals surface area contributed by atoms with Crippen LogP contribution in [-0.4, -0.2) is 39.5 Å². The van der Waals surface area contributed by atoms with E-state index in [-0.39, 0.29) is 5.69 Å². The fourth-order valence-electron chi connectivity index (χ4n) is 2.65. The van der Waals surface area contributed by atoms with Gasteiger partial charge in [0.1, 0.15) is 12.4 Å². The predicted octanol–water partition coefficient (Wildman–Crippen LogP) is 3.11. The maximum Gasteiger partial charge on any atom is 0.418 e. The molecule has 0 aliphatic rings. The third-order valence-electron chi connectivity index (χ3n) is 4.05. The van der Waals surface area contributed by atoms with Crippen LogP contribution in [0.1, 0.15) is 18.5 Å². The third-order valence-corrected chi connectivity index (χ3v) is 4.05. The van der Waals surface area contributed by atoms with Crippen molar-refractivity contribution in [1.82, 2.24) is 19.5 Å². The van der Waals surface area contributed by atoms with Crippen molar-refractivity contribution < 1.29 is 18.0 Å². The lowest BCUT2D eigenvalue weighted by atomic mass is 10.1. The van der Waals surface area contributed by atoms with E-state index in [1.165, 1.54) is 35.4 Å². The molecule has 0 spiro atoms. The first kappa shape index (κ1) is 18.6. The third kappa shape index (κ3) is 3.55. The van der Waals surface area contributed by atoms with Gasteiger partial charge in [0, 0.05) is 14.1 Å². The SMILES string of the molecule is CC(C(=O)Nc1ccccc1C(F)(F)F)n1cnc2c(N(C)C)ncnc21. The first-order valence-electron chi connectivity index (χ1n) is 8.02. The zero-order valence-electron chi connectivity index (χ0n) is 14.8. The average molecular weight is 378 g/mol. The normalized spacial score (nSPS) is 12.8. The number of alkyl halides is 3. The number of fused-ring (bicyclic) bond motifs is 1. The summed E-state index contributed by atoms with van der Waals surface area (Å²) >= 11 is 0. The number of carbonyl (C=O) groups excluding carboxylic acids is 1. The molecule has 3 rings (SSSR count).